The van der Waals surface area contributed by atoms with Crippen molar-refractivity contribution in [3.8, 4) is 5.75 Å². The second-order valence-electron chi connectivity index (χ2n) is 11.9. The van der Waals surface area contributed by atoms with Crippen molar-refractivity contribution in [3.63, 3.8) is 0 Å². The van der Waals surface area contributed by atoms with Crippen LogP contribution in [0.25, 0.3) is 0 Å². The van der Waals surface area contributed by atoms with Crippen molar-refractivity contribution in [2.75, 3.05) is 44.6 Å². The van der Waals surface area contributed by atoms with Crippen molar-refractivity contribution in [2.24, 2.45) is 0 Å². The summed E-state index contributed by atoms with van der Waals surface area (Å²) in [5.41, 5.74) is 3.78. The Labute approximate surface area is 240 Å². The molecule has 8 heteroatoms. The van der Waals surface area contributed by atoms with Gasteiger partial charge < -0.3 is 19.9 Å². The van der Waals surface area contributed by atoms with Crippen LogP contribution < -0.4 is 10.1 Å². The van der Waals surface area contributed by atoms with Crippen LogP contribution in [0.5, 0.6) is 5.75 Å². The number of nitro groups is 1. The summed E-state index contributed by atoms with van der Waals surface area (Å²) in [6, 6.07) is 14.3. The summed E-state index contributed by atoms with van der Waals surface area (Å²) in [5.74, 6) is 1.13. The fraction of sp³-hybridized carbons (Fsp3) is 0.594. The van der Waals surface area contributed by atoms with Crippen LogP contribution in [0.2, 0.25) is 0 Å². The highest BCUT2D eigenvalue weighted by Crippen LogP contribution is 2.32. The van der Waals surface area contributed by atoms with Crippen molar-refractivity contribution >= 4 is 17.3 Å². The molecule has 0 radical (unpaired) electrons. The first-order valence-electron chi connectivity index (χ1n) is 14.4. The number of nitro benzene ring substituents is 1. The number of benzene rings is 2. The van der Waals surface area contributed by atoms with E-state index in [0.29, 0.717) is 18.9 Å². The van der Waals surface area contributed by atoms with Gasteiger partial charge in [0.25, 0.3) is 0 Å². The van der Waals surface area contributed by atoms with Crippen molar-refractivity contribution in [3.05, 3.63) is 63.7 Å². The Hall–Kier alpha value is -3.13. The van der Waals surface area contributed by atoms with Gasteiger partial charge in [-0.05, 0) is 74.2 Å². The summed E-state index contributed by atoms with van der Waals surface area (Å²) in [5, 5.41) is 14.7. The van der Waals surface area contributed by atoms with E-state index in [2.05, 4.69) is 55.3 Å². The monoisotopic (exact) mass is 552 g/mol. The number of hydrogen-bond donors (Lipinski definition) is 1. The second kappa shape index (κ2) is 14.0. The molecule has 2 aliphatic heterocycles. The van der Waals surface area contributed by atoms with Crippen molar-refractivity contribution in [2.45, 2.75) is 84.6 Å². The van der Waals surface area contributed by atoms with E-state index in [9.17, 15) is 14.9 Å². The molecule has 0 bridgehead atoms. The van der Waals surface area contributed by atoms with Gasteiger partial charge in [0.1, 0.15) is 0 Å². The number of ether oxygens (including phenoxy) is 1. The Morgan fingerprint density at radius 2 is 1.68 bits per heavy atom. The molecular weight excluding hydrogens is 504 g/mol. The predicted octanol–water partition coefficient (Wildman–Crippen LogP) is 6.60. The summed E-state index contributed by atoms with van der Waals surface area (Å²) in [7, 11) is 0. The quantitative estimate of drug-likeness (QED) is 0.279. The number of anilines is 1. The third-order valence-electron chi connectivity index (χ3n) is 8.15. The number of amides is 1. The fourth-order valence-electron chi connectivity index (χ4n) is 5.69. The lowest BCUT2D eigenvalue weighted by molar-refractivity contribution is -0.385. The molecule has 2 aromatic rings. The molecule has 0 atom stereocenters. The molecule has 0 aliphatic carbocycles. The smallest absolute Gasteiger partial charge is 0.311 e. The summed E-state index contributed by atoms with van der Waals surface area (Å²) in [4.78, 5) is 28.2. The Balaban J connectivity index is 0.00000441. The molecular formula is C32H48N4O4. The van der Waals surface area contributed by atoms with E-state index in [0.717, 1.165) is 64.1 Å². The maximum Gasteiger partial charge on any atom is 0.311 e. The predicted molar refractivity (Wildman–Crippen MR) is 162 cm³/mol. The molecule has 2 aliphatic rings. The normalized spacial score (nSPS) is 17.2. The zero-order valence-electron chi connectivity index (χ0n) is 23.9. The van der Waals surface area contributed by atoms with Gasteiger partial charge >= 0.3 is 5.69 Å². The summed E-state index contributed by atoms with van der Waals surface area (Å²) in [6.45, 7) is 13.3. The molecule has 2 fully saturated rings. The van der Waals surface area contributed by atoms with E-state index in [1.54, 1.807) is 12.1 Å². The molecule has 2 heterocycles. The Morgan fingerprint density at radius 3 is 2.25 bits per heavy atom. The van der Waals surface area contributed by atoms with Crippen LogP contribution in [0, 0.1) is 10.1 Å². The van der Waals surface area contributed by atoms with E-state index >= 15 is 0 Å². The number of nitrogens with one attached hydrogen (secondary N) is 1. The molecule has 0 spiro atoms. The Morgan fingerprint density at radius 1 is 1.02 bits per heavy atom. The lowest BCUT2D eigenvalue weighted by Gasteiger charge is -2.35. The van der Waals surface area contributed by atoms with Crippen LogP contribution in [-0.4, -0.2) is 66.0 Å². The van der Waals surface area contributed by atoms with Gasteiger partial charge in [0.05, 0.1) is 11.5 Å². The van der Waals surface area contributed by atoms with Crippen LogP contribution in [0.15, 0.2) is 42.5 Å². The third-order valence-corrected chi connectivity index (χ3v) is 8.15. The maximum absolute atomic E-state index is 12.9. The van der Waals surface area contributed by atoms with E-state index in [1.165, 1.54) is 17.2 Å². The highest BCUT2D eigenvalue weighted by atomic mass is 16.6. The number of nitrogens with zero attached hydrogens (tertiary/aromatic N) is 3. The first kappa shape index (κ1) is 31.4. The molecule has 0 saturated carbocycles. The van der Waals surface area contributed by atoms with Gasteiger partial charge in [-0.25, -0.2) is 0 Å². The first-order valence-corrected chi connectivity index (χ1v) is 14.4. The van der Waals surface area contributed by atoms with Gasteiger partial charge in [0, 0.05) is 49.9 Å². The molecule has 2 saturated heterocycles. The SMILES string of the molecule is C.CCOc1cc(NC2CCN(C(=O)CCN3CCC(c4ccc(C(C)(C)C)cc4)CC3)CC2)ccc1[N+](=O)[O-]. The number of carbonyl (C=O) groups is 1. The Kier molecular flexibility index (Phi) is 11.0. The molecule has 4 rings (SSSR count). The minimum atomic E-state index is -0.424. The van der Waals surface area contributed by atoms with Crippen LogP contribution in [0.4, 0.5) is 11.4 Å². The zero-order chi connectivity index (χ0) is 28.0. The molecule has 1 amide bonds. The lowest BCUT2D eigenvalue weighted by atomic mass is 9.84. The number of carbonyl (C=O) groups excluding carboxylic acids is 1. The highest BCUT2D eigenvalue weighted by molar-refractivity contribution is 5.76. The average Bonchev–Trinajstić information content (AvgIpc) is 2.92. The minimum Gasteiger partial charge on any atom is -0.487 e. The molecule has 2 aromatic carbocycles. The standard InChI is InChI=1S/C31H44N4O4.CH4/c1-5-39-29-22-27(10-11-28(29)35(37)38)32-26-14-20-34(21-15-26)30(36)16-19-33-17-12-24(13-18-33)23-6-8-25(9-7-23)31(2,3)4;/h6-11,22,24,26,32H,5,12-21H2,1-4H3;1H4. The molecule has 0 unspecified atom stereocenters. The minimum absolute atomic E-state index is 0. The molecule has 40 heavy (non-hydrogen) atoms. The van der Waals surface area contributed by atoms with Gasteiger partial charge in [-0.3, -0.25) is 14.9 Å². The average molecular weight is 553 g/mol. The number of piperidine rings is 2. The van der Waals surface area contributed by atoms with E-state index in [-0.39, 0.29) is 36.2 Å². The van der Waals surface area contributed by atoms with E-state index in [4.69, 9.17) is 4.74 Å². The number of hydrogen-bond acceptors (Lipinski definition) is 6. The number of likely N-dealkylation sites (tertiary alicyclic amines) is 2. The second-order valence-corrected chi connectivity index (χ2v) is 11.9. The molecule has 1 N–H and O–H groups in total. The largest absolute Gasteiger partial charge is 0.487 e. The van der Waals surface area contributed by atoms with Gasteiger partial charge in [-0.2, -0.15) is 0 Å². The Bertz CT molecular complexity index is 1110. The summed E-state index contributed by atoms with van der Waals surface area (Å²) >= 11 is 0. The summed E-state index contributed by atoms with van der Waals surface area (Å²) < 4.78 is 5.46. The van der Waals surface area contributed by atoms with Crippen molar-refractivity contribution in [1.29, 1.82) is 0 Å². The van der Waals surface area contributed by atoms with Gasteiger partial charge in [0.15, 0.2) is 5.75 Å². The molecule has 0 aromatic heterocycles. The van der Waals surface area contributed by atoms with Crippen molar-refractivity contribution in [1.82, 2.24) is 9.80 Å². The van der Waals surface area contributed by atoms with Crippen molar-refractivity contribution < 1.29 is 14.5 Å². The van der Waals surface area contributed by atoms with E-state index in [1.807, 2.05) is 11.8 Å². The van der Waals surface area contributed by atoms with Gasteiger partial charge in [-0.1, -0.05) is 52.5 Å². The van der Waals surface area contributed by atoms with Crippen LogP contribution in [0.1, 0.15) is 84.3 Å². The van der Waals surface area contributed by atoms with Gasteiger partial charge in [-0.15, -0.1) is 0 Å². The lowest BCUT2D eigenvalue weighted by Crippen LogP contribution is -2.43. The van der Waals surface area contributed by atoms with E-state index < -0.39 is 4.92 Å². The third kappa shape index (κ3) is 8.19. The first-order chi connectivity index (χ1) is 18.6. The zero-order valence-corrected chi connectivity index (χ0v) is 23.9. The van der Waals surface area contributed by atoms with Crippen LogP contribution >= 0.6 is 0 Å². The van der Waals surface area contributed by atoms with Gasteiger partial charge in [0.2, 0.25) is 5.91 Å². The topological polar surface area (TPSA) is 88.0 Å². The summed E-state index contributed by atoms with van der Waals surface area (Å²) in [6.07, 6.45) is 4.57. The highest BCUT2D eigenvalue weighted by Gasteiger charge is 2.26. The molecule has 220 valence electrons. The molecule has 8 nitrogen and oxygen atoms in total. The number of rotatable bonds is 9. The fourth-order valence-corrected chi connectivity index (χ4v) is 5.69. The maximum atomic E-state index is 12.9. The van der Waals surface area contributed by atoms with Crippen LogP contribution in [0.3, 0.4) is 0 Å². The van der Waals surface area contributed by atoms with Crippen LogP contribution in [-0.2, 0) is 10.2 Å².